The van der Waals surface area contributed by atoms with Gasteiger partial charge in [-0.1, -0.05) is 0 Å². The minimum atomic E-state index is 0.229. The third-order valence-corrected chi connectivity index (χ3v) is 4.87. The zero-order chi connectivity index (χ0) is 15.5. The van der Waals surface area contributed by atoms with Crippen LogP contribution in [0.4, 0.5) is 0 Å². The summed E-state index contributed by atoms with van der Waals surface area (Å²) in [5, 5.41) is 3.67. The molecule has 0 amide bonds. The summed E-state index contributed by atoms with van der Waals surface area (Å²) < 4.78 is 10.8. The number of methoxy groups -OCH3 is 2. The average Bonchev–Trinajstić information content (AvgIpc) is 2.44. The van der Waals surface area contributed by atoms with Gasteiger partial charge in [-0.25, -0.2) is 0 Å². The van der Waals surface area contributed by atoms with E-state index in [-0.39, 0.29) is 6.04 Å². The number of ether oxygens (including phenoxy) is 2. The van der Waals surface area contributed by atoms with E-state index >= 15 is 0 Å². The van der Waals surface area contributed by atoms with E-state index in [1.54, 1.807) is 14.2 Å². The van der Waals surface area contributed by atoms with Gasteiger partial charge in [-0.2, -0.15) is 0 Å². The van der Waals surface area contributed by atoms with Gasteiger partial charge >= 0.3 is 0 Å². The van der Waals surface area contributed by atoms with Crippen LogP contribution in [0.2, 0.25) is 0 Å². The number of rotatable bonds is 7. The van der Waals surface area contributed by atoms with Crippen LogP contribution in [0.15, 0.2) is 18.2 Å². The number of nitrogens with zero attached hydrogens (tertiary/aromatic N) is 1. The molecule has 1 atom stereocenters. The van der Waals surface area contributed by atoms with Crippen molar-refractivity contribution in [3.8, 4) is 11.5 Å². The van der Waals surface area contributed by atoms with Crippen LogP contribution in [-0.4, -0.2) is 45.3 Å². The van der Waals surface area contributed by atoms with Crippen LogP contribution in [0.1, 0.15) is 37.8 Å². The van der Waals surface area contributed by atoms with Gasteiger partial charge in [0, 0.05) is 23.7 Å². The molecule has 0 aliphatic heterocycles. The summed E-state index contributed by atoms with van der Waals surface area (Å²) in [6.45, 7) is 3.18. The molecule has 0 spiro atoms. The highest BCUT2D eigenvalue weighted by molar-refractivity contribution is 5.42. The first-order chi connectivity index (χ1) is 10.0. The molecule has 4 heteroatoms. The maximum Gasteiger partial charge on any atom is 0.123 e. The van der Waals surface area contributed by atoms with Crippen LogP contribution in [0.25, 0.3) is 0 Å². The molecule has 1 unspecified atom stereocenters. The smallest absolute Gasteiger partial charge is 0.123 e. The first-order valence-corrected chi connectivity index (χ1v) is 7.65. The van der Waals surface area contributed by atoms with Crippen molar-refractivity contribution in [2.45, 2.75) is 37.8 Å². The second-order valence-electron chi connectivity index (χ2n) is 6.18. The first kappa shape index (κ1) is 16.1. The van der Waals surface area contributed by atoms with Crippen LogP contribution < -0.4 is 14.8 Å². The van der Waals surface area contributed by atoms with E-state index in [1.165, 1.54) is 19.3 Å². The molecule has 0 aromatic heterocycles. The lowest BCUT2D eigenvalue weighted by atomic mass is 9.75. The van der Waals surface area contributed by atoms with Crippen molar-refractivity contribution < 1.29 is 9.47 Å². The van der Waals surface area contributed by atoms with E-state index in [9.17, 15) is 0 Å². The van der Waals surface area contributed by atoms with E-state index in [1.807, 2.05) is 12.1 Å². The molecular weight excluding hydrogens is 264 g/mol. The molecule has 4 nitrogen and oxygen atoms in total. The van der Waals surface area contributed by atoms with Crippen molar-refractivity contribution in [3.63, 3.8) is 0 Å². The molecule has 1 aromatic carbocycles. The average molecular weight is 292 g/mol. The van der Waals surface area contributed by atoms with Gasteiger partial charge in [0.2, 0.25) is 0 Å². The molecule has 21 heavy (non-hydrogen) atoms. The topological polar surface area (TPSA) is 33.7 Å². The number of likely N-dealkylation sites (N-methyl/N-ethyl adjacent to an activating group) is 1. The number of hydrogen-bond acceptors (Lipinski definition) is 4. The van der Waals surface area contributed by atoms with Gasteiger partial charge in [0.1, 0.15) is 11.5 Å². The second-order valence-corrected chi connectivity index (χ2v) is 6.18. The Bertz CT molecular complexity index is 470. The standard InChI is InChI=1S/C17H28N2O2/c1-13(18-12-17(19(2)3)9-6-10-17)15-11-14(20-4)7-8-16(15)21-5/h7-8,11,13,18H,6,9-10,12H2,1-5H3. The zero-order valence-corrected chi connectivity index (χ0v) is 13.9. The van der Waals surface area contributed by atoms with Crippen LogP contribution >= 0.6 is 0 Å². The Labute approximate surface area is 128 Å². The number of benzene rings is 1. The Morgan fingerprint density at radius 2 is 1.95 bits per heavy atom. The third kappa shape index (κ3) is 3.33. The molecule has 1 aliphatic carbocycles. The van der Waals surface area contributed by atoms with Crippen LogP contribution in [0, 0.1) is 0 Å². The van der Waals surface area contributed by atoms with Crippen LogP contribution in [0.5, 0.6) is 11.5 Å². The molecule has 2 rings (SSSR count). The number of hydrogen-bond donors (Lipinski definition) is 1. The molecule has 0 radical (unpaired) electrons. The fraction of sp³-hybridized carbons (Fsp3) is 0.647. The minimum absolute atomic E-state index is 0.229. The second kappa shape index (κ2) is 6.67. The van der Waals surface area contributed by atoms with Crippen molar-refractivity contribution in [1.29, 1.82) is 0 Å². The molecule has 0 bridgehead atoms. The van der Waals surface area contributed by atoms with Crippen LogP contribution in [0.3, 0.4) is 0 Å². The van der Waals surface area contributed by atoms with E-state index in [4.69, 9.17) is 9.47 Å². The van der Waals surface area contributed by atoms with Crippen molar-refractivity contribution in [2.75, 3.05) is 34.9 Å². The van der Waals surface area contributed by atoms with E-state index in [0.29, 0.717) is 5.54 Å². The Hall–Kier alpha value is -1.26. The van der Waals surface area contributed by atoms with Crippen LogP contribution in [-0.2, 0) is 0 Å². The van der Waals surface area contributed by atoms with Gasteiger partial charge in [-0.3, -0.25) is 0 Å². The molecule has 1 N–H and O–H groups in total. The Morgan fingerprint density at radius 3 is 2.43 bits per heavy atom. The monoisotopic (exact) mass is 292 g/mol. The maximum atomic E-state index is 5.48. The molecule has 0 heterocycles. The van der Waals surface area contributed by atoms with Gasteiger partial charge in [0.15, 0.2) is 0 Å². The van der Waals surface area contributed by atoms with Crippen molar-refractivity contribution in [3.05, 3.63) is 23.8 Å². The summed E-state index contributed by atoms with van der Waals surface area (Å²) in [5.74, 6) is 1.77. The quantitative estimate of drug-likeness (QED) is 0.838. The summed E-state index contributed by atoms with van der Waals surface area (Å²) in [7, 11) is 7.76. The third-order valence-electron chi connectivity index (χ3n) is 4.87. The lowest BCUT2D eigenvalue weighted by Gasteiger charge is -2.48. The Morgan fingerprint density at radius 1 is 1.24 bits per heavy atom. The molecule has 0 saturated heterocycles. The highest BCUT2D eigenvalue weighted by Crippen LogP contribution is 2.36. The van der Waals surface area contributed by atoms with E-state index in [2.05, 4.69) is 37.3 Å². The summed E-state index contributed by atoms with van der Waals surface area (Å²) >= 11 is 0. The van der Waals surface area contributed by atoms with Crippen molar-refractivity contribution >= 4 is 0 Å². The van der Waals surface area contributed by atoms with Gasteiger partial charge in [-0.15, -0.1) is 0 Å². The summed E-state index contributed by atoms with van der Waals surface area (Å²) in [5.41, 5.74) is 1.46. The summed E-state index contributed by atoms with van der Waals surface area (Å²) in [6.07, 6.45) is 3.88. The molecular formula is C17H28N2O2. The highest BCUT2D eigenvalue weighted by atomic mass is 16.5. The highest BCUT2D eigenvalue weighted by Gasteiger charge is 2.38. The summed E-state index contributed by atoms with van der Waals surface area (Å²) in [4.78, 5) is 2.36. The molecule has 1 aliphatic rings. The predicted octanol–water partition coefficient (Wildman–Crippen LogP) is 2.84. The Kier molecular flexibility index (Phi) is 5.12. The Balaban J connectivity index is 2.07. The molecule has 118 valence electrons. The van der Waals surface area contributed by atoms with Gasteiger partial charge in [0.05, 0.1) is 14.2 Å². The first-order valence-electron chi connectivity index (χ1n) is 7.65. The number of nitrogens with one attached hydrogen (secondary N) is 1. The minimum Gasteiger partial charge on any atom is -0.497 e. The van der Waals surface area contributed by atoms with E-state index < -0.39 is 0 Å². The van der Waals surface area contributed by atoms with Gasteiger partial charge in [0.25, 0.3) is 0 Å². The van der Waals surface area contributed by atoms with Gasteiger partial charge < -0.3 is 19.7 Å². The van der Waals surface area contributed by atoms with E-state index in [0.717, 1.165) is 23.6 Å². The lowest BCUT2D eigenvalue weighted by Crippen LogP contribution is -2.56. The van der Waals surface area contributed by atoms with Crippen molar-refractivity contribution in [2.24, 2.45) is 0 Å². The molecule has 1 saturated carbocycles. The summed E-state index contributed by atoms with van der Waals surface area (Å²) in [6, 6.07) is 6.19. The SMILES string of the molecule is COc1ccc(OC)c(C(C)NCC2(N(C)C)CCC2)c1. The fourth-order valence-electron chi connectivity index (χ4n) is 3.00. The maximum absolute atomic E-state index is 5.48. The molecule has 1 fully saturated rings. The van der Waals surface area contributed by atoms with Crippen molar-refractivity contribution in [1.82, 2.24) is 10.2 Å². The predicted molar refractivity (Wildman–Crippen MR) is 86.2 cm³/mol. The lowest BCUT2D eigenvalue weighted by molar-refractivity contribution is 0.0575. The largest absolute Gasteiger partial charge is 0.497 e. The molecule has 1 aromatic rings. The fourth-order valence-corrected chi connectivity index (χ4v) is 3.00. The van der Waals surface area contributed by atoms with Gasteiger partial charge in [-0.05, 0) is 58.5 Å². The normalized spacial score (nSPS) is 18.2. The zero-order valence-electron chi connectivity index (χ0n) is 13.9.